The summed E-state index contributed by atoms with van der Waals surface area (Å²) >= 11 is 0. The van der Waals surface area contributed by atoms with Crippen LogP contribution in [0.2, 0.25) is 0 Å². The monoisotopic (exact) mass is 364 g/mol. The van der Waals surface area contributed by atoms with Crippen LogP contribution in [0, 0.1) is 18.7 Å². The first kappa shape index (κ1) is 19.9. The van der Waals surface area contributed by atoms with Gasteiger partial charge >= 0.3 is 5.97 Å². The number of amides is 2. The number of hydrogen-bond donors (Lipinski definition) is 1. The van der Waals surface area contributed by atoms with E-state index in [4.69, 9.17) is 4.74 Å². The first-order valence-corrected chi connectivity index (χ1v) is 8.87. The van der Waals surface area contributed by atoms with E-state index >= 15 is 0 Å². The van der Waals surface area contributed by atoms with Crippen LogP contribution >= 0.6 is 0 Å². The predicted octanol–water partition coefficient (Wildman–Crippen LogP) is 2.65. The van der Waals surface area contributed by atoms with E-state index in [0.29, 0.717) is 37.2 Å². The average Bonchev–Trinajstić information content (AvgIpc) is 2.64. The van der Waals surface area contributed by atoms with Crippen molar-refractivity contribution >= 4 is 23.5 Å². The van der Waals surface area contributed by atoms with E-state index in [1.807, 2.05) is 0 Å². The van der Waals surface area contributed by atoms with Gasteiger partial charge in [0, 0.05) is 25.2 Å². The molecule has 0 bridgehead atoms. The third-order valence-corrected chi connectivity index (χ3v) is 4.51. The highest BCUT2D eigenvalue weighted by Gasteiger charge is 2.31. The second-order valence-corrected chi connectivity index (χ2v) is 6.56. The Bertz CT molecular complexity index is 692. The molecule has 1 saturated heterocycles. The Kier molecular flexibility index (Phi) is 6.71. The van der Waals surface area contributed by atoms with Gasteiger partial charge in [0.1, 0.15) is 5.82 Å². The van der Waals surface area contributed by atoms with Gasteiger partial charge in [0.05, 0.1) is 5.92 Å². The summed E-state index contributed by atoms with van der Waals surface area (Å²) in [5, 5.41) is 2.53. The lowest BCUT2D eigenvalue weighted by Gasteiger charge is -2.31. The molecule has 142 valence electrons. The zero-order valence-corrected chi connectivity index (χ0v) is 15.4. The number of ether oxygens (including phenoxy) is 1. The van der Waals surface area contributed by atoms with E-state index in [1.165, 1.54) is 13.0 Å². The molecule has 2 unspecified atom stereocenters. The Morgan fingerprint density at radius 2 is 2.12 bits per heavy atom. The highest BCUT2D eigenvalue weighted by molar-refractivity contribution is 5.95. The fourth-order valence-electron chi connectivity index (χ4n) is 2.86. The number of rotatable bonds is 5. The van der Waals surface area contributed by atoms with Gasteiger partial charge in [-0.3, -0.25) is 14.4 Å². The van der Waals surface area contributed by atoms with Gasteiger partial charge in [0.25, 0.3) is 5.91 Å². The minimum absolute atomic E-state index is 0.00897. The lowest BCUT2D eigenvalue weighted by Crippen LogP contribution is -2.43. The van der Waals surface area contributed by atoms with Gasteiger partial charge in [-0.15, -0.1) is 0 Å². The van der Waals surface area contributed by atoms with Crippen molar-refractivity contribution in [2.75, 3.05) is 18.4 Å². The number of carbonyl (C=O) groups excluding carboxylic acids is 3. The zero-order valence-electron chi connectivity index (χ0n) is 15.4. The summed E-state index contributed by atoms with van der Waals surface area (Å²) in [6, 6.07) is 4.36. The van der Waals surface area contributed by atoms with Crippen molar-refractivity contribution in [1.29, 1.82) is 0 Å². The molecule has 1 fully saturated rings. The molecule has 0 aromatic heterocycles. The largest absolute Gasteiger partial charge is 0.452 e. The molecule has 0 saturated carbocycles. The number of halogens is 1. The number of likely N-dealkylation sites (tertiary alicyclic amines) is 1. The molecule has 26 heavy (non-hydrogen) atoms. The summed E-state index contributed by atoms with van der Waals surface area (Å²) in [4.78, 5) is 38.0. The second kappa shape index (κ2) is 8.78. The van der Waals surface area contributed by atoms with E-state index < -0.39 is 29.7 Å². The Morgan fingerprint density at radius 1 is 1.38 bits per heavy atom. The number of esters is 1. The van der Waals surface area contributed by atoms with Crippen LogP contribution in [0.15, 0.2) is 18.2 Å². The summed E-state index contributed by atoms with van der Waals surface area (Å²) in [7, 11) is 0. The van der Waals surface area contributed by atoms with Crippen LogP contribution in [0.25, 0.3) is 0 Å². The molecular formula is C19H25FN2O4. The van der Waals surface area contributed by atoms with Crippen molar-refractivity contribution in [2.24, 2.45) is 5.92 Å². The smallest absolute Gasteiger partial charge is 0.311 e. The number of aryl methyl sites for hydroxylation is 1. The van der Waals surface area contributed by atoms with Crippen molar-refractivity contribution in [3.63, 3.8) is 0 Å². The summed E-state index contributed by atoms with van der Waals surface area (Å²) in [6.07, 6.45) is 0.746. The molecule has 1 aliphatic heterocycles. The molecule has 2 amide bonds. The molecule has 1 aromatic carbocycles. The normalized spacial score (nSPS) is 18.2. The number of benzene rings is 1. The number of nitrogens with zero attached hydrogens (tertiary/aromatic N) is 1. The van der Waals surface area contributed by atoms with E-state index in [-0.39, 0.29) is 5.91 Å². The van der Waals surface area contributed by atoms with Crippen molar-refractivity contribution in [3.8, 4) is 0 Å². The maximum atomic E-state index is 13.5. The highest BCUT2D eigenvalue weighted by atomic mass is 19.1. The zero-order chi connectivity index (χ0) is 19.3. The van der Waals surface area contributed by atoms with E-state index in [9.17, 15) is 18.8 Å². The molecule has 0 spiro atoms. The second-order valence-electron chi connectivity index (χ2n) is 6.56. The standard InChI is InChI=1S/C19H25FN2O4/c1-4-17(23)22-9-5-6-14(11-22)19(25)26-13(3)18(24)21-15-8-7-12(2)16(20)10-15/h7-8,10,13-14H,4-6,9,11H2,1-3H3,(H,21,24). The van der Waals surface area contributed by atoms with Crippen LogP contribution in [0.1, 0.15) is 38.7 Å². The van der Waals surface area contributed by atoms with Crippen LogP contribution in [-0.2, 0) is 19.1 Å². The number of anilines is 1. The molecule has 1 N–H and O–H groups in total. The molecule has 2 rings (SSSR count). The van der Waals surface area contributed by atoms with Crippen LogP contribution in [0.3, 0.4) is 0 Å². The molecule has 1 aliphatic rings. The van der Waals surface area contributed by atoms with Gasteiger partial charge in [-0.25, -0.2) is 4.39 Å². The Balaban J connectivity index is 1.90. The predicted molar refractivity (Wildman–Crippen MR) is 94.9 cm³/mol. The Morgan fingerprint density at radius 3 is 2.77 bits per heavy atom. The topological polar surface area (TPSA) is 75.7 Å². The third-order valence-electron chi connectivity index (χ3n) is 4.51. The fraction of sp³-hybridized carbons (Fsp3) is 0.526. The molecule has 1 heterocycles. The Labute approximate surface area is 152 Å². The molecule has 2 atom stereocenters. The van der Waals surface area contributed by atoms with Gasteiger partial charge in [-0.05, 0) is 44.4 Å². The van der Waals surface area contributed by atoms with Gasteiger partial charge in [-0.1, -0.05) is 13.0 Å². The Hall–Kier alpha value is -2.44. The molecule has 0 radical (unpaired) electrons. The molecule has 0 aliphatic carbocycles. The summed E-state index contributed by atoms with van der Waals surface area (Å²) in [5.41, 5.74) is 0.782. The van der Waals surface area contributed by atoms with Crippen LogP contribution in [0.4, 0.5) is 10.1 Å². The summed E-state index contributed by atoms with van der Waals surface area (Å²) in [5.74, 6) is -1.86. The van der Waals surface area contributed by atoms with Gasteiger partial charge in [-0.2, -0.15) is 0 Å². The third kappa shape index (κ3) is 5.03. The molecule has 7 heteroatoms. The summed E-state index contributed by atoms with van der Waals surface area (Å²) in [6.45, 7) is 5.84. The number of piperidine rings is 1. The van der Waals surface area contributed by atoms with Crippen LogP contribution in [-0.4, -0.2) is 41.9 Å². The van der Waals surface area contributed by atoms with E-state index in [0.717, 1.165) is 6.42 Å². The van der Waals surface area contributed by atoms with E-state index in [2.05, 4.69) is 5.32 Å². The first-order valence-electron chi connectivity index (χ1n) is 8.87. The van der Waals surface area contributed by atoms with Crippen LogP contribution in [0.5, 0.6) is 0 Å². The quantitative estimate of drug-likeness (QED) is 0.815. The van der Waals surface area contributed by atoms with Gasteiger partial charge in [0.15, 0.2) is 6.10 Å². The average molecular weight is 364 g/mol. The lowest BCUT2D eigenvalue weighted by atomic mass is 9.98. The van der Waals surface area contributed by atoms with Crippen molar-refractivity contribution < 1.29 is 23.5 Å². The maximum absolute atomic E-state index is 13.5. The SMILES string of the molecule is CCC(=O)N1CCCC(C(=O)OC(C)C(=O)Nc2ccc(C)c(F)c2)C1. The highest BCUT2D eigenvalue weighted by Crippen LogP contribution is 2.20. The number of carbonyl (C=O) groups is 3. The van der Waals surface area contributed by atoms with Crippen molar-refractivity contribution in [1.82, 2.24) is 4.90 Å². The number of hydrogen-bond acceptors (Lipinski definition) is 4. The fourth-order valence-corrected chi connectivity index (χ4v) is 2.86. The molecular weight excluding hydrogens is 339 g/mol. The van der Waals surface area contributed by atoms with E-state index in [1.54, 1.807) is 30.9 Å². The van der Waals surface area contributed by atoms with Gasteiger partial charge < -0.3 is 15.0 Å². The van der Waals surface area contributed by atoms with Crippen molar-refractivity contribution in [3.05, 3.63) is 29.6 Å². The summed E-state index contributed by atoms with van der Waals surface area (Å²) < 4.78 is 18.8. The van der Waals surface area contributed by atoms with Gasteiger partial charge in [0.2, 0.25) is 5.91 Å². The molecule has 1 aromatic rings. The number of nitrogens with one attached hydrogen (secondary N) is 1. The van der Waals surface area contributed by atoms with Crippen molar-refractivity contribution in [2.45, 2.75) is 46.1 Å². The first-order chi connectivity index (χ1) is 12.3. The van der Waals surface area contributed by atoms with Crippen LogP contribution < -0.4 is 5.32 Å². The molecule has 6 nitrogen and oxygen atoms in total. The minimum atomic E-state index is -1.01. The maximum Gasteiger partial charge on any atom is 0.311 e. The minimum Gasteiger partial charge on any atom is -0.452 e. The lowest BCUT2D eigenvalue weighted by molar-refractivity contribution is -0.159.